The fourth-order valence-corrected chi connectivity index (χ4v) is 7.01. The molecular formula is C27H29NOS. The molecule has 1 N–H and O–H groups in total. The third kappa shape index (κ3) is 3.49. The van der Waals surface area contributed by atoms with Gasteiger partial charge in [0.05, 0.1) is 10.3 Å². The van der Waals surface area contributed by atoms with E-state index in [9.17, 15) is 5.11 Å². The molecule has 3 aliphatic rings. The number of piperidine rings is 3. The summed E-state index contributed by atoms with van der Waals surface area (Å²) in [5, 5.41) is 11.7. The van der Waals surface area contributed by atoms with Crippen LogP contribution in [-0.4, -0.2) is 41.0 Å². The molecule has 0 aromatic heterocycles. The van der Waals surface area contributed by atoms with E-state index < -0.39 is 5.60 Å². The largest absolute Gasteiger partial charge is 0.387 e. The van der Waals surface area contributed by atoms with Crippen molar-refractivity contribution in [1.29, 1.82) is 0 Å². The molecule has 0 saturated carbocycles. The molecule has 0 radical (unpaired) electrons. The second kappa shape index (κ2) is 8.22. The van der Waals surface area contributed by atoms with Crippen molar-refractivity contribution >= 4 is 11.8 Å². The minimum absolute atomic E-state index is 0.356. The Balaban J connectivity index is 1.61. The molecule has 2 bridgehead atoms. The van der Waals surface area contributed by atoms with Gasteiger partial charge in [0.15, 0.2) is 0 Å². The van der Waals surface area contributed by atoms with Crippen LogP contribution in [0.15, 0.2) is 91.0 Å². The molecule has 2 nitrogen and oxygen atoms in total. The maximum Gasteiger partial charge on any atom is 0.0907 e. The highest BCUT2D eigenvalue weighted by Gasteiger charge is 2.48. The van der Waals surface area contributed by atoms with Crippen molar-refractivity contribution in [3.05, 3.63) is 108 Å². The second-order valence-corrected chi connectivity index (χ2v) is 9.91. The highest BCUT2D eigenvalue weighted by Crippen LogP contribution is 2.51. The van der Waals surface area contributed by atoms with E-state index in [1.807, 2.05) is 11.8 Å². The summed E-state index contributed by atoms with van der Waals surface area (Å²) < 4.78 is -0.356. The number of thioether (sulfide) groups is 1. The van der Waals surface area contributed by atoms with Gasteiger partial charge in [-0.2, -0.15) is 0 Å². The monoisotopic (exact) mass is 415 g/mol. The Hall–Kier alpha value is -2.07. The van der Waals surface area contributed by atoms with E-state index in [2.05, 4.69) is 95.9 Å². The first-order chi connectivity index (χ1) is 14.7. The molecule has 0 aliphatic carbocycles. The summed E-state index contributed by atoms with van der Waals surface area (Å²) in [6, 6.07) is 32.4. The van der Waals surface area contributed by atoms with Gasteiger partial charge in [0.2, 0.25) is 0 Å². The Morgan fingerprint density at radius 3 is 1.57 bits per heavy atom. The van der Waals surface area contributed by atoms with Crippen molar-refractivity contribution in [2.75, 3.05) is 25.4 Å². The summed E-state index contributed by atoms with van der Waals surface area (Å²) in [5.41, 5.74) is 3.16. The van der Waals surface area contributed by atoms with Crippen LogP contribution in [0.5, 0.6) is 0 Å². The number of hydrogen-bond donors (Lipinski definition) is 1. The minimum Gasteiger partial charge on any atom is -0.387 e. The van der Waals surface area contributed by atoms with Crippen LogP contribution in [0.3, 0.4) is 0 Å². The Morgan fingerprint density at radius 1 is 0.767 bits per heavy atom. The zero-order chi connectivity index (χ0) is 20.4. The molecule has 30 heavy (non-hydrogen) atoms. The van der Waals surface area contributed by atoms with Crippen molar-refractivity contribution in [2.24, 2.45) is 5.92 Å². The second-order valence-electron chi connectivity index (χ2n) is 8.72. The molecule has 3 aromatic rings. The summed E-state index contributed by atoms with van der Waals surface area (Å²) >= 11 is 1.90. The molecule has 3 aliphatic heterocycles. The van der Waals surface area contributed by atoms with E-state index in [4.69, 9.17) is 0 Å². The first-order valence-corrected chi connectivity index (χ1v) is 11.9. The van der Waals surface area contributed by atoms with Crippen molar-refractivity contribution < 1.29 is 5.11 Å². The summed E-state index contributed by atoms with van der Waals surface area (Å²) in [6.07, 6.45) is 2.23. The van der Waals surface area contributed by atoms with Gasteiger partial charge in [0.25, 0.3) is 0 Å². The number of hydrogen-bond acceptors (Lipinski definition) is 3. The smallest absolute Gasteiger partial charge is 0.0907 e. The first-order valence-electron chi connectivity index (χ1n) is 11.0. The van der Waals surface area contributed by atoms with E-state index in [0.29, 0.717) is 5.92 Å². The quantitative estimate of drug-likeness (QED) is 0.562. The minimum atomic E-state index is -0.620. The highest BCUT2D eigenvalue weighted by molar-refractivity contribution is 8.00. The standard InChI is InChI=1S/C27H29NOS/c29-26(20-28-18-16-22(26)17-19-28)21-30-27(23-10-4-1-5-11-23,24-12-6-2-7-13-24)25-14-8-3-9-15-25/h1-15,22,29H,16-21H2/t26-/m1/s1. The number of benzene rings is 3. The van der Waals surface area contributed by atoms with E-state index in [0.717, 1.165) is 38.2 Å². The fourth-order valence-electron chi connectivity index (χ4n) is 5.31. The molecule has 154 valence electrons. The van der Waals surface area contributed by atoms with Crippen LogP contribution >= 0.6 is 11.8 Å². The van der Waals surface area contributed by atoms with Crippen molar-refractivity contribution in [3.63, 3.8) is 0 Å². The fraction of sp³-hybridized carbons (Fsp3) is 0.333. The van der Waals surface area contributed by atoms with Crippen LogP contribution in [0.2, 0.25) is 0 Å². The number of nitrogens with zero attached hydrogens (tertiary/aromatic N) is 1. The van der Waals surface area contributed by atoms with Crippen LogP contribution in [0.25, 0.3) is 0 Å². The lowest BCUT2D eigenvalue weighted by molar-refractivity contribution is -0.0950. The van der Waals surface area contributed by atoms with Crippen molar-refractivity contribution in [2.45, 2.75) is 23.2 Å². The molecule has 6 rings (SSSR count). The van der Waals surface area contributed by atoms with Gasteiger partial charge >= 0.3 is 0 Å². The van der Waals surface area contributed by atoms with E-state index in [1.165, 1.54) is 16.7 Å². The first kappa shape index (κ1) is 19.9. The molecule has 0 amide bonds. The molecule has 0 spiro atoms. The Kier molecular flexibility index (Phi) is 5.44. The average molecular weight is 416 g/mol. The van der Waals surface area contributed by atoms with E-state index in [1.54, 1.807) is 0 Å². The highest BCUT2D eigenvalue weighted by atomic mass is 32.2. The maximum absolute atomic E-state index is 11.7. The third-order valence-corrected chi connectivity index (χ3v) is 8.71. The van der Waals surface area contributed by atoms with Gasteiger partial charge in [0, 0.05) is 12.3 Å². The van der Waals surface area contributed by atoms with Gasteiger partial charge in [-0.25, -0.2) is 0 Å². The summed E-state index contributed by atoms with van der Waals surface area (Å²) in [4.78, 5) is 2.44. The zero-order valence-electron chi connectivity index (χ0n) is 17.3. The Morgan fingerprint density at radius 2 is 1.20 bits per heavy atom. The summed E-state index contributed by atoms with van der Waals surface area (Å²) in [7, 11) is 0. The van der Waals surface area contributed by atoms with Crippen molar-refractivity contribution in [3.8, 4) is 0 Å². The SMILES string of the molecule is O[C@@]1(CSC(c2ccccc2)(c2ccccc2)c2ccccc2)CN2CCC1CC2. The van der Waals surface area contributed by atoms with Crippen molar-refractivity contribution in [1.82, 2.24) is 4.90 Å². The molecule has 3 heteroatoms. The topological polar surface area (TPSA) is 23.5 Å². The third-order valence-electron chi connectivity index (χ3n) is 6.92. The summed E-state index contributed by atoms with van der Waals surface area (Å²) in [5.74, 6) is 1.14. The van der Waals surface area contributed by atoms with Crippen LogP contribution in [-0.2, 0) is 4.75 Å². The maximum atomic E-state index is 11.7. The molecule has 3 fully saturated rings. The van der Waals surface area contributed by atoms with Gasteiger partial charge in [-0.3, -0.25) is 0 Å². The van der Waals surface area contributed by atoms with Gasteiger partial charge in [-0.05, 0) is 48.5 Å². The molecule has 0 unspecified atom stereocenters. The van der Waals surface area contributed by atoms with Gasteiger partial charge in [0.1, 0.15) is 0 Å². The zero-order valence-corrected chi connectivity index (χ0v) is 18.1. The number of rotatable bonds is 6. The predicted molar refractivity (Wildman–Crippen MR) is 126 cm³/mol. The Bertz CT molecular complexity index is 857. The summed E-state index contributed by atoms with van der Waals surface area (Å²) in [6.45, 7) is 3.08. The molecule has 3 saturated heterocycles. The molecule has 3 heterocycles. The van der Waals surface area contributed by atoms with Gasteiger partial charge in [-0.15, -0.1) is 11.8 Å². The Labute approximate surface area is 183 Å². The van der Waals surface area contributed by atoms with E-state index >= 15 is 0 Å². The van der Waals surface area contributed by atoms with E-state index in [-0.39, 0.29) is 4.75 Å². The molecule has 3 aromatic carbocycles. The number of fused-ring (bicyclic) bond motifs is 3. The predicted octanol–water partition coefficient (Wildman–Crippen LogP) is 5.17. The normalized spacial score (nSPS) is 25.9. The molecular weight excluding hydrogens is 386 g/mol. The van der Waals surface area contributed by atoms with Gasteiger partial charge < -0.3 is 10.0 Å². The number of aliphatic hydroxyl groups is 1. The van der Waals surface area contributed by atoms with Crippen LogP contribution in [0.1, 0.15) is 29.5 Å². The van der Waals surface area contributed by atoms with Crippen LogP contribution in [0.4, 0.5) is 0 Å². The molecule has 1 atom stereocenters. The van der Waals surface area contributed by atoms with Crippen LogP contribution in [0, 0.1) is 5.92 Å². The van der Waals surface area contributed by atoms with Gasteiger partial charge in [-0.1, -0.05) is 91.0 Å². The average Bonchev–Trinajstić information content (AvgIpc) is 2.82. The lowest BCUT2D eigenvalue weighted by Crippen LogP contribution is -2.60. The lowest BCUT2D eigenvalue weighted by Gasteiger charge is -2.51. The lowest BCUT2D eigenvalue weighted by atomic mass is 9.76. The van der Waals surface area contributed by atoms with Crippen LogP contribution < -0.4 is 0 Å².